The first kappa shape index (κ1) is 15.0. The molecule has 0 saturated carbocycles. The zero-order valence-corrected chi connectivity index (χ0v) is 13.1. The molecule has 1 fully saturated rings. The Morgan fingerprint density at radius 3 is 2.75 bits per heavy atom. The first-order chi connectivity index (χ1) is 9.47. The van der Waals surface area contributed by atoms with Crippen molar-refractivity contribution in [2.75, 3.05) is 38.6 Å². The van der Waals surface area contributed by atoms with Gasteiger partial charge in [-0.1, -0.05) is 6.92 Å². The molecule has 0 amide bonds. The normalized spacial score (nSPS) is 19.9. The van der Waals surface area contributed by atoms with Crippen LogP contribution in [-0.2, 0) is 0 Å². The minimum Gasteiger partial charge on any atom is -0.377 e. The van der Waals surface area contributed by atoms with Crippen LogP contribution in [-0.4, -0.2) is 44.4 Å². The monoisotopic (exact) mass is 274 g/mol. The molecule has 1 aromatic carbocycles. The lowest BCUT2D eigenvalue weighted by Gasteiger charge is -2.30. The molecule has 1 unspecified atom stereocenters. The summed E-state index contributed by atoms with van der Waals surface area (Å²) in [6, 6.07) is 6.02. The highest BCUT2D eigenvalue weighted by Gasteiger charge is 2.19. The molecule has 0 spiro atoms. The maximum atomic E-state index is 12.4. The lowest BCUT2D eigenvalue weighted by molar-refractivity contribution is 0.0893. The van der Waals surface area contributed by atoms with Gasteiger partial charge in [-0.15, -0.1) is 0 Å². The molecule has 1 saturated heterocycles. The van der Waals surface area contributed by atoms with Gasteiger partial charge in [-0.05, 0) is 56.0 Å². The van der Waals surface area contributed by atoms with Crippen molar-refractivity contribution in [1.82, 2.24) is 4.90 Å². The molecule has 3 nitrogen and oxygen atoms in total. The topological polar surface area (TPSA) is 23.6 Å². The Bertz CT molecular complexity index is 482. The van der Waals surface area contributed by atoms with Crippen molar-refractivity contribution in [3.8, 4) is 0 Å². The van der Waals surface area contributed by atoms with Crippen molar-refractivity contribution < 1.29 is 4.79 Å². The minimum absolute atomic E-state index is 0.243. The number of ketones is 1. The summed E-state index contributed by atoms with van der Waals surface area (Å²) in [6.45, 7) is 7.01. The number of hydrogen-bond acceptors (Lipinski definition) is 3. The van der Waals surface area contributed by atoms with E-state index < -0.39 is 0 Å². The number of rotatable bonds is 4. The molecule has 1 atom stereocenters. The van der Waals surface area contributed by atoms with Crippen molar-refractivity contribution >= 4 is 11.5 Å². The van der Waals surface area contributed by atoms with E-state index in [2.05, 4.69) is 23.6 Å². The Labute approximate surface area is 122 Å². The van der Waals surface area contributed by atoms with E-state index in [0.29, 0.717) is 6.54 Å². The smallest absolute Gasteiger partial charge is 0.176 e. The van der Waals surface area contributed by atoms with Gasteiger partial charge in [0.25, 0.3) is 0 Å². The lowest BCUT2D eigenvalue weighted by atomic mass is 9.99. The van der Waals surface area contributed by atoms with Crippen LogP contribution in [0.3, 0.4) is 0 Å². The maximum absolute atomic E-state index is 12.4. The predicted octanol–water partition coefficient (Wildman–Crippen LogP) is 2.98. The number of hydrogen-bond donors (Lipinski definition) is 0. The Morgan fingerprint density at radius 2 is 2.15 bits per heavy atom. The molecule has 1 aliphatic rings. The zero-order valence-electron chi connectivity index (χ0n) is 13.1. The summed E-state index contributed by atoms with van der Waals surface area (Å²) in [6.07, 6.45) is 2.51. The molecule has 0 bridgehead atoms. The highest BCUT2D eigenvalue weighted by atomic mass is 16.1. The quantitative estimate of drug-likeness (QED) is 0.789. The van der Waals surface area contributed by atoms with Gasteiger partial charge in [-0.2, -0.15) is 0 Å². The Balaban J connectivity index is 2.04. The van der Waals surface area contributed by atoms with E-state index in [4.69, 9.17) is 0 Å². The van der Waals surface area contributed by atoms with E-state index >= 15 is 0 Å². The molecule has 2 rings (SSSR count). The van der Waals surface area contributed by atoms with Crippen molar-refractivity contribution in [1.29, 1.82) is 0 Å². The molecule has 110 valence electrons. The van der Waals surface area contributed by atoms with Gasteiger partial charge >= 0.3 is 0 Å². The fraction of sp³-hybridized carbons (Fsp3) is 0.588. The fourth-order valence-corrected chi connectivity index (χ4v) is 3.06. The van der Waals surface area contributed by atoms with Gasteiger partial charge in [0.05, 0.1) is 6.54 Å². The number of carbonyl (C=O) groups excluding carboxylic acids is 1. The molecule has 20 heavy (non-hydrogen) atoms. The molecule has 0 N–H and O–H groups in total. The van der Waals surface area contributed by atoms with Crippen LogP contribution in [0.25, 0.3) is 0 Å². The van der Waals surface area contributed by atoms with E-state index in [1.54, 1.807) is 0 Å². The molecule has 1 heterocycles. The van der Waals surface area contributed by atoms with Crippen molar-refractivity contribution in [2.24, 2.45) is 5.92 Å². The summed E-state index contributed by atoms with van der Waals surface area (Å²) in [7, 11) is 4.05. The summed E-state index contributed by atoms with van der Waals surface area (Å²) < 4.78 is 0. The standard InChI is InChI=1S/C17H26N2O/c1-13-6-5-9-19(11-13)12-17(20)15-7-8-16(18(3)4)14(2)10-15/h7-8,10,13H,5-6,9,11-12H2,1-4H3. The predicted molar refractivity (Wildman–Crippen MR) is 84.7 cm³/mol. The highest BCUT2D eigenvalue weighted by Crippen LogP contribution is 2.20. The number of piperidine rings is 1. The van der Waals surface area contributed by atoms with Crippen molar-refractivity contribution in [3.05, 3.63) is 29.3 Å². The van der Waals surface area contributed by atoms with Crippen LogP contribution < -0.4 is 4.90 Å². The Hall–Kier alpha value is -1.35. The SMILES string of the molecule is Cc1cc(C(=O)CN2CCCC(C)C2)ccc1N(C)C. The molecule has 3 heteroatoms. The van der Waals surface area contributed by atoms with Crippen LogP contribution in [0.2, 0.25) is 0 Å². The van der Waals surface area contributed by atoms with Gasteiger partial charge in [-0.3, -0.25) is 9.69 Å². The molecule has 0 aromatic heterocycles. The van der Waals surface area contributed by atoms with E-state index in [-0.39, 0.29) is 5.78 Å². The largest absolute Gasteiger partial charge is 0.377 e. The number of nitrogens with zero attached hydrogens (tertiary/aromatic N) is 2. The molecular formula is C17H26N2O. The van der Waals surface area contributed by atoms with Gasteiger partial charge < -0.3 is 4.90 Å². The van der Waals surface area contributed by atoms with Crippen LogP contribution >= 0.6 is 0 Å². The van der Waals surface area contributed by atoms with Crippen LogP contribution in [0.1, 0.15) is 35.7 Å². The number of benzene rings is 1. The summed E-state index contributed by atoms with van der Waals surface area (Å²) in [4.78, 5) is 16.8. The average Bonchev–Trinajstić information content (AvgIpc) is 2.38. The maximum Gasteiger partial charge on any atom is 0.176 e. The third kappa shape index (κ3) is 3.60. The molecule has 1 aromatic rings. The molecule has 1 aliphatic heterocycles. The highest BCUT2D eigenvalue weighted by molar-refractivity contribution is 5.98. The van der Waals surface area contributed by atoms with Crippen LogP contribution in [0.15, 0.2) is 18.2 Å². The van der Waals surface area contributed by atoms with Crippen molar-refractivity contribution in [2.45, 2.75) is 26.7 Å². The van der Waals surface area contributed by atoms with Gasteiger partial charge in [0, 0.05) is 31.9 Å². The Kier molecular flexibility index (Phi) is 4.81. The fourth-order valence-electron chi connectivity index (χ4n) is 3.06. The third-order valence-corrected chi connectivity index (χ3v) is 4.11. The number of likely N-dealkylation sites (tertiary alicyclic amines) is 1. The van der Waals surface area contributed by atoms with E-state index in [9.17, 15) is 4.79 Å². The number of carbonyl (C=O) groups is 1. The van der Waals surface area contributed by atoms with Crippen LogP contribution in [0.5, 0.6) is 0 Å². The van der Waals surface area contributed by atoms with Crippen LogP contribution in [0, 0.1) is 12.8 Å². The second-order valence-electron chi connectivity index (χ2n) is 6.30. The summed E-state index contributed by atoms with van der Waals surface area (Å²) in [5.74, 6) is 0.960. The first-order valence-corrected chi connectivity index (χ1v) is 7.51. The molecule has 0 radical (unpaired) electrons. The Morgan fingerprint density at radius 1 is 1.40 bits per heavy atom. The van der Waals surface area contributed by atoms with Gasteiger partial charge in [0.1, 0.15) is 0 Å². The van der Waals surface area contributed by atoms with Crippen molar-refractivity contribution in [3.63, 3.8) is 0 Å². The van der Waals surface area contributed by atoms with Gasteiger partial charge in [0.15, 0.2) is 5.78 Å². The minimum atomic E-state index is 0.243. The first-order valence-electron chi connectivity index (χ1n) is 7.51. The molecule has 0 aliphatic carbocycles. The summed E-state index contributed by atoms with van der Waals surface area (Å²) in [5, 5.41) is 0. The third-order valence-electron chi connectivity index (χ3n) is 4.11. The van der Waals surface area contributed by atoms with Gasteiger partial charge in [0.2, 0.25) is 0 Å². The van der Waals surface area contributed by atoms with E-state index in [1.165, 1.54) is 18.5 Å². The second-order valence-corrected chi connectivity index (χ2v) is 6.30. The number of aryl methyl sites for hydroxylation is 1. The molecular weight excluding hydrogens is 248 g/mol. The summed E-state index contributed by atoms with van der Waals surface area (Å²) in [5.41, 5.74) is 3.17. The summed E-state index contributed by atoms with van der Waals surface area (Å²) >= 11 is 0. The lowest BCUT2D eigenvalue weighted by Crippen LogP contribution is -2.38. The van der Waals surface area contributed by atoms with E-state index in [1.807, 2.05) is 32.3 Å². The second kappa shape index (κ2) is 6.40. The number of Topliss-reactive ketones (excluding diaryl/α,β-unsaturated/α-hetero) is 1. The average molecular weight is 274 g/mol. The van der Waals surface area contributed by atoms with Crippen LogP contribution in [0.4, 0.5) is 5.69 Å². The van der Waals surface area contributed by atoms with E-state index in [0.717, 1.165) is 30.1 Å². The van der Waals surface area contributed by atoms with Gasteiger partial charge in [-0.25, -0.2) is 0 Å². The zero-order chi connectivity index (χ0) is 14.7. The number of anilines is 1.